The molecule has 1 saturated heterocycles. The van der Waals surface area contributed by atoms with E-state index in [4.69, 9.17) is 5.73 Å². The van der Waals surface area contributed by atoms with Gasteiger partial charge in [0.05, 0.1) is 23.6 Å². The Morgan fingerprint density at radius 3 is 2.27 bits per heavy atom. The quantitative estimate of drug-likeness (QED) is 0.313. The highest BCUT2D eigenvalue weighted by atomic mass is 19.1. The number of piperazine rings is 1. The largest absolute Gasteiger partial charge is 0.369 e. The number of anilines is 1. The highest BCUT2D eigenvalue weighted by Gasteiger charge is 2.45. The van der Waals surface area contributed by atoms with E-state index in [-0.39, 0.29) is 42.0 Å². The highest BCUT2D eigenvalue weighted by molar-refractivity contribution is 6.24. The van der Waals surface area contributed by atoms with Gasteiger partial charge in [0.1, 0.15) is 11.6 Å². The number of carbonyl (C=O) groups is 5. The predicted molar refractivity (Wildman–Crippen MR) is 161 cm³/mol. The monoisotopic (exact) mass is 596 g/mol. The number of primary amides is 1. The molecule has 0 spiro atoms. The second kappa shape index (κ2) is 12.1. The van der Waals surface area contributed by atoms with E-state index in [2.05, 4.69) is 9.80 Å². The smallest absolute Gasteiger partial charge is 0.262 e. The Balaban J connectivity index is 1.06. The number of aryl methyl sites for hydroxylation is 2. The molecule has 44 heavy (non-hydrogen) atoms. The number of hydrogen-bond donors (Lipinski definition) is 1. The minimum atomic E-state index is -0.921. The maximum absolute atomic E-state index is 15.2. The maximum Gasteiger partial charge on any atom is 0.262 e. The molecule has 6 rings (SSSR count). The Morgan fingerprint density at radius 2 is 1.59 bits per heavy atom. The number of nitrogens with two attached hydrogens (primary N) is 1. The van der Waals surface area contributed by atoms with E-state index in [0.29, 0.717) is 36.1 Å². The zero-order chi connectivity index (χ0) is 31.0. The van der Waals surface area contributed by atoms with E-state index in [0.717, 1.165) is 42.3 Å². The van der Waals surface area contributed by atoms with Gasteiger partial charge in [0.15, 0.2) is 5.78 Å². The number of Topliss-reactive ketones (excluding diaryl/α,β-unsaturated/α-hetero) is 2. The molecule has 3 aromatic rings. The van der Waals surface area contributed by atoms with Crippen LogP contribution in [0, 0.1) is 5.82 Å². The van der Waals surface area contributed by atoms with Gasteiger partial charge in [-0.3, -0.25) is 33.8 Å². The number of carbonyl (C=O) groups excluding carboxylic acids is 5. The minimum Gasteiger partial charge on any atom is -0.369 e. The zero-order valence-electron chi connectivity index (χ0n) is 24.3. The molecule has 2 N–H and O–H groups in total. The molecule has 1 unspecified atom stereocenters. The first-order chi connectivity index (χ1) is 21.2. The summed E-state index contributed by atoms with van der Waals surface area (Å²) in [6.07, 6.45) is 0.748. The lowest BCUT2D eigenvalue weighted by atomic mass is 9.92. The van der Waals surface area contributed by atoms with E-state index in [1.54, 1.807) is 42.5 Å². The number of fused-ring (bicyclic) bond motifs is 1. The van der Waals surface area contributed by atoms with Gasteiger partial charge in [-0.2, -0.15) is 0 Å². The van der Waals surface area contributed by atoms with Crippen LogP contribution in [-0.2, 0) is 29.0 Å². The summed E-state index contributed by atoms with van der Waals surface area (Å²) in [4.78, 5) is 67.5. The van der Waals surface area contributed by atoms with Crippen LogP contribution < -0.4 is 10.6 Å². The van der Waals surface area contributed by atoms with Crippen molar-refractivity contribution in [3.8, 4) is 0 Å². The number of halogens is 1. The molecule has 1 aliphatic carbocycles. The lowest BCUT2D eigenvalue weighted by Crippen LogP contribution is -2.47. The molecule has 10 heteroatoms. The number of ketones is 2. The van der Waals surface area contributed by atoms with E-state index < -0.39 is 29.5 Å². The normalized spacial score (nSPS) is 19.1. The molecule has 0 aromatic heterocycles. The number of nitrogens with zero attached hydrogens (tertiary/aromatic N) is 3. The number of amides is 3. The number of rotatable bonds is 8. The van der Waals surface area contributed by atoms with Crippen LogP contribution in [0.3, 0.4) is 0 Å². The van der Waals surface area contributed by atoms with Gasteiger partial charge < -0.3 is 10.6 Å². The molecule has 1 saturated carbocycles. The van der Waals surface area contributed by atoms with Gasteiger partial charge in [-0.25, -0.2) is 4.39 Å². The van der Waals surface area contributed by atoms with Crippen LogP contribution in [-0.4, -0.2) is 71.3 Å². The fourth-order valence-corrected chi connectivity index (χ4v) is 6.42. The van der Waals surface area contributed by atoms with Gasteiger partial charge in [-0.1, -0.05) is 24.3 Å². The van der Waals surface area contributed by atoms with Crippen molar-refractivity contribution in [3.05, 3.63) is 99.9 Å². The zero-order valence-corrected chi connectivity index (χ0v) is 24.3. The van der Waals surface area contributed by atoms with Gasteiger partial charge in [0.2, 0.25) is 5.91 Å². The number of hydrogen-bond acceptors (Lipinski definition) is 7. The molecule has 2 heterocycles. The van der Waals surface area contributed by atoms with Gasteiger partial charge in [0, 0.05) is 50.4 Å². The Morgan fingerprint density at radius 1 is 0.864 bits per heavy atom. The maximum atomic E-state index is 15.2. The molecule has 0 radical (unpaired) electrons. The Bertz CT molecular complexity index is 1660. The molecule has 3 aromatic carbocycles. The third-order valence-electron chi connectivity index (χ3n) is 8.86. The second-order valence-electron chi connectivity index (χ2n) is 11.7. The summed E-state index contributed by atoms with van der Waals surface area (Å²) >= 11 is 0. The summed E-state index contributed by atoms with van der Waals surface area (Å²) in [5.41, 5.74) is 9.38. The molecular weight excluding hydrogens is 563 g/mol. The van der Waals surface area contributed by atoms with Crippen molar-refractivity contribution in [2.45, 2.75) is 44.7 Å². The average Bonchev–Trinajstić information content (AvgIpc) is 3.27. The van der Waals surface area contributed by atoms with Gasteiger partial charge in [0.25, 0.3) is 11.8 Å². The summed E-state index contributed by atoms with van der Waals surface area (Å²) in [7, 11) is 0. The molecular formula is C34H33FN4O5. The molecule has 1 atom stereocenters. The third-order valence-corrected chi connectivity index (χ3v) is 8.86. The van der Waals surface area contributed by atoms with E-state index in [9.17, 15) is 24.0 Å². The van der Waals surface area contributed by atoms with Gasteiger partial charge in [-0.15, -0.1) is 0 Å². The fraction of sp³-hybridized carbons (Fsp3) is 0.324. The van der Waals surface area contributed by atoms with E-state index in [1.807, 2.05) is 18.2 Å². The summed E-state index contributed by atoms with van der Waals surface area (Å²) in [6, 6.07) is 16.6. The third kappa shape index (κ3) is 5.77. The van der Waals surface area contributed by atoms with Crippen molar-refractivity contribution in [1.82, 2.24) is 9.80 Å². The minimum absolute atomic E-state index is 0.151. The highest BCUT2D eigenvalue weighted by Crippen LogP contribution is 2.32. The number of benzene rings is 3. The Labute approximate surface area is 254 Å². The predicted octanol–water partition coefficient (Wildman–Crippen LogP) is 3.32. The van der Waals surface area contributed by atoms with Gasteiger partial charge >= 0.3 is 0 Å². The topological polar surface area (TPSA) is 121 Å². The van der Waals surface area contributed by atoms with Crippen LogP contribution in [0.2, 0.25) is 0 Å². The first kappa shape index (κ1) is 29.4. The summed E-state index contributed by atoms with van der Waals surface area (Å²) < 4.78 is 15.2. The van der Waals surface area contributed by atoms with Crippen LogP contribution in [0.15, 0.2) is 60.7 Å². The van der Waals surface area contributed by atoms with Crippen molar-refractivity contribution >= 4 is 35.0 Å². The lowest BCUT2D eigenvalue weighted by molar-refractivity contribution is -0.132. The van der Waals surface area contributed by atoms with Crippen LogP contribution in [0.5, 0.6) is 0 Å². The first-order valence-electron chi connectivity index (χ1n) is 14.9. The van der Waals surface area contributed by atoms with Crippen LogP contribution >= 0.6 is 0 Å². The van der Waals surface area contributed by atoms with Crippen molar-refractivity contribution in [2.75, 3.05) is 31.1 Å². The summed E-state index contributed by atoms with van der Waals surface area (Å²) in [5.74, 6) is -2.38. The second-order valence-corrected chi connectivity index (χ2v) is 11.7. The van der Waals surface area contributed by atoms with Crippen LogP contribution in [0.25, 0.3) is 0 Å². The molecule has 2 aliphatic heterocycles. The molecule has 0 bridgehead atoms. The molecule has 3 aliphatic rings. The Hall–Kier alpha value is -4.70. The van der Waals surface area contributed by atoms with Crippen molar-refractivity contribution in [1.29, 1.82) is 0 Å². The van der Waals surface area contributed by atoms with Gasteiger partial charge in [-0.05, 0) is 72.4 Å². The van der Waals surface area contributed by atoms with E-state index >= 15 is 4.39 Å². The first-order valence-corrected chi connectivity index (χ1v) is 14.9. The molecule has 9 nitrogen and oxygen atoms in total. The van der Waals surface area contributed by atoms with Crippen LogP contribution in [0.4, 0.5) is 10.1 Å². The fourth-order valence-electron chi connectivity index (χ4n) is 6.42. The van der Waals surface area contributed by atoms with Crippen LogP contribution in [0.1, 0.15) is 67.0 Å². The molecule has 3 amide bonds. The van der Waals surface area contributed by atoms with Crippen molar-refractivity contribution in [3.63, 3.8) is 0 Å². The van der Waals surface area contributed by atoms with Crippen molar-refractivity contribution < 1.29 is 28.4 Å². The SMILES string of the molecule is NC(=O)c1ccc(N2CCN(Cc3ccc(CCc4cccc5c4C(=O)N(C4CCC(=O)CC4=O)C5=O)c(F)c3)CC2)cc1. The standard InChI is InChI=1S/C34H33FN4O5/c35-28-18-21(20-37-14-16-38(17-15-37)25-10-8-24(9-11-25)32(36)42)4-5-22(28)6-7-23-2-1-3-27-31(23)34(44)39(33(27)43)29-13-12-26(40)19-30(29)41/h1-5,8-11,18,29H,6-7,12-17,19-20H2,(H2,36,42). The summed E-state index contributed by atoms with van der Waals surface area (Å²) in [5, 5.41) is 0. The van der Waals surface area contributed by atoms with E-state index in [1.165, 1.54) is 0 Å². The average molecular weight is 597 g/mol. The molecule has 226 valence electrons. The number of imide groups is 1. The molecule has 2 fully saturated rings. The lowest BCUT2D eigenvalue weighted by Gasteiger charge is -2.36. The Kier molecular flexibility index (Phi) is 8.09. The van der Waals surface area contributed by atoms with Crippen molar-refractivity contribution in [2.24, 2.45) is 5.73 Å². The summed E-state index contributed by atoms with van der Waals surface area (Å²) in [6.45, 7) is 3.86.